The lowest BCUT2D eigenvalue weighted by Gasteiger charge is -2.16. The van der Waals surface area contributed by atoms with Gasteiger partial charge in [-0.15, -0.1) is 0 Å². The van der Waals surface area contributed by atoms with Crippen molar-refractivity contribution < 1.29 is 9.13 Å². The SMILES string of the molecule is CC(C)Oc1ccc(Nc2nc(=O)n(CCC=N)c(=O)n2Cc2ccc(Cl)cc2)cc1F. The van der Waals surface area contributed by atoms with E-state index in [0.29, 0.717) is 10.7 Å². The van der Waals surface area contributed by atoms with Crippen LogP contribution in [-0.2, 0) is 13.1 Å². The van der Waals surface area contributed by atoms with Gasteiger partial charge in [0, 0.05) is 29.7 Å². The van der Waals surface area contributed by atoms with Crippen LogP contribution in [0.25, 0.3) is 0 Å². The fourth-order valence-corrected chi connectivity index (χ4v) is 3.11. The fourth-order valence-electron chi connectivity index (χ4n) is 2.98. The van der Waals surface area contributed by atoms with Gasteiger partial charge >= 0.3 is 11.4 Å². The molecule has 0 aliphatic carbocycles. The summed E-state index contributed by atoms with van der Waals surface area (Å²) in [5.41, 5.74) is -0.297. The van der Waals surface area contributed by atoms with E-state index in [2.05, 4.69) is 10.3 Å². The first-order valence-electron chi connectivity index (χ1n) is 9.96. The van der Waals surface area contributed by atoms with Crippen LogP contribution in [0.1, 0.15) is 25.8 Å². The Hall–Kier alpha value is -3.46. The average molecular weight is 460 g/mol. The van der Waals surface area contributed by atoms with Gasteiger partial charge in [0.2, 0.25) is 5.95 Å². The van der Waals surface area contributed by atoms with Crippen molar-refractivity contribution in [2.24, 2.45) is 0 Å². The standard InChI is InChI=1S/C22H23ClFN5O3/c1-14(2)32-19-9-8-17(12-18(19)24)26-20-27-21(30)28(11-3-10-25)22(31)29(20)13-15-4-6-16(23)7-5-15/h4-10,12,14,25H,3,11,13H2,1-2H3,(H,26,27,30). The van der Waals surface area contributed by atoms with Crippen molar-refractivity contribution in [1.29, 1.82) is 5.41 Å². The number of halogens is 2. The van der Waals surface area contributed by atoms with E-state index in [9.17, 15) is 14.0 Å². The second kappa shape index (κ2) is 10.2. The van der Waals surface area contributed by atoms with Crippen LogP contribution in [0.5, 0.6) is 5.75 Å². The summed E-state index contributed by atoms with van der Waals surface area (Å²) in [4.78, 5) is 29.5. The van der Waals surface area contributed by atoms with Crippen molar-refractivity contribution in [3.8, 4) is 5.75 Å². The number of rotatable bonds is 9. The van der Waals surface area contributed by atoms with Gasteiger partial charge in [-0.3, -0.25) is 4.57 Å². The van der Waals surface area contributed by atoms with E-state index in [1.54, 1.807) is 44.2 Å². The molecule has 0 bridgehead atoms. The Balaban J connectivity index is 2.02. The number of benzene rings is 2. The first kappa shape index (κ1) is 23.2. The molecule has 0 atom stereocenters. The van der Waals surface area contributed by atoms with E-state index in [4.69, 9.17) is 21.7 Å². The number of ether oxygens (including phenoxy) is 1. The normalized spacial score (nSPS) is 10.9. The maximum absolute atomic E-state index is 14.4. The smallest absolute Gasteiger partial charge is 0.354 e. The highest BCUT2D eigenvalue weighted by molar-refractivity contribution is 6.30. The number of nitrogens with one attached hydrogen (secondary N) is 2. The number of nitrogens with zero attached hydrogens (tertiary/aromatic N) is 3. The largest absolute Gasteiger partial charge is 0.488 e. The molecule has 0 unspecified atom stereocenters. The summed E-state index contributed by atoms with van der Waals surface area (Å²) in [5.74, 6) is -0.522. The first-order chi connectivity index (χ1) is 15.3. The third kappa shape index (κ3) is 5.61. The van der Waals surface area contributed by atoms with Gasteiger partial charge in [0.15, 0.2) is 11.6 Å². The molecule has 3 rings (SSSR count). The Morgan fingerprint density at radius 2 is 1.91 bits per heavy atom. The zero-order valence-corrected chi connectivity index (χ0v) is 18.4. The van der Waals surface area contributed by atoms with Crippen LogP contribution in [0, 0.1) is 11.2 Å². The van der Waals surface area contributed by atoms with Crippen molar-refractivity contribution in [2.75, 3.05) is 5.32 Å². The summed E-state index contributed by atoms with van der Waals surface area (Å²) in [5, 5.41) is 10.6. The predicted octanol–water partition coefficient (Wildman–Crippen LogP) is 3.82. The van der Waals surface area contributed by atoms with Crippen LogP contribution in [-0.4, -0.2) is 26.4 Å². The highest BCUT2D eigenvalue weighted by Crippen LogP contribution is 2.24. The summed E-state index contributed by atoms with van der Waals surface area (Å²) in [6, 6.07) is 11.1. The van der Waals surface area contributed by atoms with Gasteiger partial charge in [0.1, 0.15) is 0 Å². The van der Waals surface area contributed by atoms with Crippen LogP contribution in [0.2, 0.25) is 5.02 Å². The molecule has 0 radical (unpaired) electrons. The van der Waals surface area contributed by atoms with Crippen molar-refractivity contribution in [3.05, 3.63) is 79.8 Å². The molecule has 0 aliphatic rings. The van der Waals surface area contributed by atoms with Crippen molar-refractivity contribution in [1.82, 2.24) is 14.1 Å². The van der Waals surface area contributed by atoms with E-state index >= 15 is 0 Å². The van der Waals surface area contributed by atoms with Gasteiger partial charge in [0.25, 0.3) is 0 Å². The minimum absolute atomic E-state index is 0.0296. The lowest BCUT2D eigenvalue weighted by molar-refractivity contribution is 0.231. The van der Waals surface area contributed by atoms with E-state index < -0.39 is 17.2 Å². The molecular weight excluding hydrogens is 437 g/mol. The third-order valence-corrected chi connectivity index (χ3v) is 4.70. The van der Waals surface area contributed by atoms with Gasteiger partial charge in [-0.2, -0.15) is 4.98 Å². The van der Waals surface area contributed by atoms with E-state index in [0.717, 1.165) is 16.3 Å². The molecule has 1 heterocycles. The molecule has 0 saturated heterocycles. The van der Waals surface area contributed by atoms with E-state index in [-0.39, 0.29) is 37.3 Å². The Kier molecular flexibility index (Phi) is 7.42. The van der Waals surface area contributed by atoms with Crippen LogP contribution >= 0.6 is 11.6 Å². The highest BCUT2D eigenvalue weighted by atomic mass is 35.5. The quantitative estimate of drug-likeness (QED) is 0.474. The number of hydrogen-bond acceptors (Lipinski definition) is 6. The van der Waals surface area contributed by atoms with Crippen molar-refractivity contribution >= 4 is 29.5 Å². The van der Waals surface area contributed by atoms with Gasteiger partial charge in [-0.05, 0) is 49.9 Å². The lowest BCUT2D eigenvalue weighted by atomic mass is 10.2. The molecule has 2 aromatic carbocycles. The van der Waals surface area contributed by atoms with Crippen molar-refractivity contribution in [3.63, 3.8) is 0 Å². The first-order valence-corrected chi connectivity index (χ1v) is 10.3. The maximum Gasteiger partial charge on any atom is 0.354 e. The Morgan fingerprint density at radius 1 is 1.19 bits per heavy atom. The molecule has 32 heavy (non-hydrogen) atoms. The minimum Gasteiger partial charge on any atom is -0.488 e. The third-order valence-electron chi connectivity index (χ3n) is 4.45. The molecule has 10 heteroatoms. The molecule has 0 saturated carbocycles. The van der Waals surface area contributed by atoms with E-state index in [1.807, 2.05) is 0 Å². The second-order valence-electron chi connectivity index (χ2n) is 7.29. The molecule has 168 valence electrons. The maximum atomic E-state index is 14.4. The zero-order chi connectivity index (χ0) is 23.3. The van der Waals surface area contributed by atoms with Gasteiger partial charge in [0.05, 0.1) is 12.6 Å². The van der Waals surface area contributed by atoms with Gasteiger partial charge in [-0.1, -0.05) is 23.7 Å². The molecule has 8 nitrogen and oxygen atoms in total. The second-order valence-corrected chi connectivity index (χ2v) is 7.73. The minimum atomic E-state index is -0.757. The number of hydrogen-bond donors (Lipinski definition) is 2. The fraction of sp³-hybridized carbons (Fsp3) is 0.273. The molecule has 0 aliphatic heterocycles. The Morgan fingerprint density at radius 3 is 2.53 bits per heavy atom. The highest BCUT2D eigenvalue weighted by Gasteiger charge is 2.15. The topological polar surface area (TPSA) is 102 Å². The average Bonchev–Trinajstić information content (AvgIpc) is 2.74. The summed E-state index contributed by atoms with van der Waals surface area (Å²) in [6.45, 7) is 3.72. The van der Waals surface area contributed by atoms with Gasteiger partial charge < -0.3 is 15.5 Å². The molecule has 0 spiro atoms. The molecule has 0 fully saturated rings. The Labute approximate surface area is 188 Å². The zero-order valence-electron chi connectivity index (χ0n) is 17.6. The van der Waals surface area contributed by atoms with Crippen LogP contribution in [0.4, 0.5) is 16.0 Å². The van der Waals surface area contributed by atoms with Crippen LogP contribution in [0.15, 0.2) is 52.1 Å². The monoisotopic (exact) mass is 459 g/mol. The lowest BCUT2D eigenvalue weighted by Crippen LogP contribution is -2.42. The van der Waals surface area contributed by atoms with Crippen molar-refractivity contribution in [2.45, 2.75) is 39.5 Å². The van der Waals surface area contributed by atoms with Crippen LogP contribution in [0.3, 0.4) is 0 Å². The van der Waals surface area contributed by atoms with E-state index in [1.165, 1.54) is 16.7 Å². The summed E-state index contributed by atoms with van der Waals surface area (Å²) in [6.07, 6.45) is 1.14. The summed E-state index contributed by atoms with van der Waals surface area (Å²) < 4.78 is 22.1. The van der Waals surface area contributed by atoms with Crippen LogP contribution < -0.4 is 21.4 Å². The summed E-state index contributed by atoms with van der Waals surface area (Å²) in [7, 11) is 0. The molecule has 2 N–H and O–H groups in total. The summed E-state index contributed by atoms with van der Waals surface area (Å²) >= 11 is 5.94. The Bertz CT molecular complexity index is 1220. The molecular formula is C22H23ClFN5O3. The molecule has 0 amide bonds. The number of aromatic nitrogens is 3. The molecule has 1 aromatic heterocycles. The predicted molar refractivity (Wildman–Crippen MR) is 122 cm³/mol. The molecule has 3 aromatic rings. The number of anilines is 2. The van der Waals surface area contributed by atoms with Gasteiger partial charge in [-0.25, -0.2) is 18.5 Å².